The molecule has 0 unspecified atom stereocenters. The topological polar surface area (TPSA) is 61.0 Å². The molecule has 88 valence electrons. The van der Waals surface area contributed by atoms with Gasteiger partial charge in [0, 0.05) is 5.02 Å². The lowest BCUT2D eigenvalue weighted by Crippen LogP contribution is -2.03. The lowest BCUT2D eigenvalue weighted by Gasteiger charge is -2.05. The third-order valence-corrected chi connectivity index (χ3v) is 2.28. The van der Waals surface area contributed by atoms with Gasteiger partial charge in [0.2, 0.25) is 0 Å². The summed E-state index contributed by atoms with van der Waals surface area (Å²) in [6.45, 7) is 0.266. The highest BCUT2D eigenvalue weighted by molar-refractivity contribution is 6.30. The Labute approximate surface area is 102 Å². The van der Waals surface area contributed by atoms with Gasteiger partial charge in [0.15, 0.2) is 11.6 Å². The Morgan fingerprint density at radius 1 is 1.29 bits per heavy atom. The van der Waals surface area contributed by atoms with Gasteiger partial charge in [-0.2, -0.15) is 4.98 Å². The molecular formula is C11H9ClFN3O. The minimum Gasteiger partial charge on any atom is -0.459 e. The van der Waals surface area contributed by atoms with E-state index in [0.717, 1.165) is 11.8 Å². The fourth-order valence-electron chi connectivity index (χ4n) is 1.16. The van der Waals surface area contributed by atoms with Gasteiger partial charge in [0.05, 0.1) is 6.20 Å². The standard InChI is InChI=1S/C11H9ClFN3O/c12-8-3-1-7(2-4-8)6-17-11-15-5-9(13)10(14)16-11/h1-5H,6H2,(H2,14,15,16). The molecule has 6 heteroatoms. The maximum absolute atomic E-state index is 12.8. The van der Waals surface area contributed by atoms with E-state index in [-0.39, 0.29) is 18.4 Å². The molecule has 2 rings (SSSR count). The van der Waals surface area contributed by atoms with Crippen molar-refractivity contribution in [2.45, 2.75) is 6.61 Å². The van der Waals surface area contributed by atoms with Crippen LogP contribution in [-0.2, 0) is 6.61 Å². The molecule has 0 atom stereocenters. The molecule has 0 bridgehead atoms. The summed E-state index contributed by atoms with van der Waals surface area (Å²) in [5.41, 5.74) is 6.19. The lowest BCUT2D eigenvalue weighted by atomic mass is 10.2. The summed E-state index contributed by atoms with van der Waals surface area (Å²) in [6.07, 6.45) is 0.972. The highest BCUT2D eigenvalue weighted by Crippen LogP contribution is 2.13. The van der Waals surface area contributed by atoms with Gasteiger partial charge < -0.3 is 10.5 Å². The lowest BCUT2D eigenvalue weighted by molar-refractivity contribution is 0.280. The van der Waals surface area contributed by atoms with Crippen LogP contribution in [0.2, 0.25) is 5.02 Å². The molecule has 0 saturated carbocycles. The number of nitrogens with zero attached hydrogens (tertiary/aromatic N) is 2. The van der Waals surface area contributed by atoms with E-state index in [4.69, 9.17) is 22.1 Å². The molecule has 2 N–H and O–H groups in total. The smallest absolute Gasteiger partial charge is 0.318 e. The molecule has 0 aliphatic carbocycles. The Hall–Kier alpha value is -1.88. The second-order valence-corrected chi connectivity index (χ2v) is 3.74. The number of nitrogen functional groups attached to an aromatic ring is 1. The van der Waals surface area contributed by atoms with Gasteiger partial charge in [0.25, 0.3) is 0 Å². The number of anilines is 1. The molecule has 1 aromatic heterocycles. The summed E-state index contributed by atoms with van der Waals surface area (Å²) in [5.74, 6) is -0.894. The SMILES string of the molecule is Nc1nc(OCc2ccc(Cl)cc2)ncc1F. The highest BCUT2D eigenvalue weighted by atomic mass is 35.5. The third-order valence-electron chi connectivity index (χ3n) is 2.03. The first-order valence-corrected chi connectivity index (χ1v) is 5.18. The van der Waals surface area contributed by atoms with Gasteiger partial charge in [-0.15, -0.1) is 0 Å². The van der Waals surface area contributed by atoms with Gasteiger partial charge in [-0.1, -0.05) is 23.7 Å². The van der Waals surface area contributed by atoms with E-state index < -0.39 is 5.82 Å². The van der Waals surface area contributed by atoms with Crippen LogP contribution in [0.4, 0.5) is 10.2 Å². The molecule has 1 aromatic carbocycles. The normalized spacial score (nSPS) is 10.2. The van der Waals surface area contributed by atoms with Crippen molar-refractivity contribution in [3.8, 4) is 6.01 Å². The summed E-state index contributed by atoms with van der Waals surface area (Å²) in [6, 6.07) is 7.17. The quantitative estimate of drug-likeness (QED) is 0.913. The van der Waals surface area contributed by atoms with Crippen molar-refractivity contribution in [1.82, 2.24) is 9.97 Å². The summed E-state index contributed by atoms with van der Waals surface area (Å²) < 4.78 is 18.0. The van der Waals surface area contributed by atoms with E-state index in [2.05, 4.69) is 9.97 Å². The average molecular weight is 254 g/mol. The van der Waals surface area contributed by atoms with Crippen molar-refractivity contribution < 1.29 is 9.13 Å². The molecule has 17 heavy (non-hydrogen) atoms. The van der Waals surface area contributed by atoms with E-state index in [0.29, 0.717) is 5.02 Å². The van der Waals surface area contributed by atoms with E-state index in [9.17, 15) is 4.39 Å². The molecule has 1 heterocycles. The van der Waals surface area contributed by atoms with Gasteiger partial charge >= 0.3 is 6.01 Å². The fourth-order valence-corrected chi connectivity index (χ4v) is 1.29. The van der Waals surface area contributed by atoms with Crippen LogP contribution in [-0.4, -0.2) is 9.97 Å². The Morgan fingerprint density at radius 3 is 2.65 bits per heavy atom. The van der Waals surface area contributed by atoms with Crippen molar-refractivity contribution in [2.75, 3.05) is 5.73 Å². The minimum atomic E-state index is -0.663. The maximum Gasteiger partial charge on any atom is 0.318 e. The maximum atomic E-state index is 12.8. The zero-order valence-electron chi connectivity index (χ0n) is 8.73. The summed E-state index contributed by atoms with van der Waals surface area (Å²) in [7, 11) is 0. The van der Waals surface area contributed by atoms with Crippen molar-refractivity contribution in [3.63, 3.8) is 0 Å². The van der Waals surface area contributed by atoms with Crippen LogP contribution in [0, 0.1) is 5.82 Å². The predicted molar refractivity (Wildman–Crippen MR) is 62.2 cm³/mol. The van der Waals surface area contributed by atoms with Gasteiger partial charge in [-0.05, 0) is 17.7 Å². The van der Waals surface area contributed by atoms with Crippen LogP contribution in [0.3, 0.4) is 0 Å². The molecule has 0 saturated heterocycles. The Bertz CT molecular complexity index is 519. The predicted octanol–water partition coefficient (Wildman–Crippen LogP) is 2.43. The first-order valence-electron chi connectivity index (χ1n) is 4.80. The molecule has 0 aliphatic heterocycles. The fraction of sp³-hybridized carbons (Fsp3) is 0.0909. The molecule has 0 radical (unpaired) electrons. The molecule has 0 spiro atoms. The Kier molecular flexibility index (Phi) is 3.39. The average Bonchev–Trinajstić information content (AvgIpc) is 2.33. The molecule has 4 nitrogen and oxygen atoms in total. The van der Waals surface area contributed by atoms with Gasteiger partial charge in [-0.25, -0.2) is 9.37 Å². The number of nitrogens with two attached hydrogens (primary N) is 1. The number of rotatable bonds is 3. The van der Waals surface area contributed by atoms with Crippen molar-refractivity contribution >= 4 is 17.4 Å². The number of halogens is 2. The summed E-state index contributed by atoms with van der Waals surface area (Å²) in [5, 5.41) is 0.649. The van der Waals surface area contributed by atoms with Crippen LogP contribution in [0.1, 0.15) is 5.56 Å². The minimum absolute atomic E-state index is 0.0406. The second kappa shape index (κ2) is 4.97. The molecule has 0 amide bonds. The van der Waals surface area contributed by atoms with E-state index in [1.165, 1.54) is 0 Å². The Balaban J connectivity index is 2.02. The van der Waals surface area contributed by atoms with Crippen LogP contribution < -0.4 is 10.5 Å². The van der Waals surface area contributed by atoms with Gasteiger partial charge in [-0.3, -0.25) is 0 Å². The van der Waals surface area contributed by atoms with Crippen molar-refractivity contribution in [3.05, 3.63) is 46.9 Å². The number of benzene rings is 1. The monoisotopic (exact) mass is 253 g/mol. The zero-order chi connectivity index (χ0) is 12.3. The van der Waals surface area contributed by atoms with Crippen molar-refractivity contribution in [1.29, 1.82) is 0 Å². The van der Waals surface area contributed by atoms with Crippen LogP contribution >= 0.6 is 11.6 Å². The molecule has 2 aromatic rings. The largest absolute Gasteiger partial charge is 0.459 e. The van der Waals surface area contributed by atoms with Crippen LogP contribution in [0.15, 0.2) is 30.5 Å². The molecule has 0 fully saturated rings. The summed E-state index contributed by atoms with van der Waals surface area (Å²) in [4.78, 5) is 7.31. The third kappa shape index (κ3) is 3.04. The van der Waals surface area contributed by atoms with Crippen LogP contribution in [0.5, 0.6) is 6.01 Å². The Morgan fingerprint density at radius 2 is 2.00 bits per heavy atom. The van der Waals surface area contributed by atoms with Crippen LogP contribution in [0.25, 0.3) is 0 Å². The van der Waals surface area contributed by atoms with Gasteiger partial charge in [0.1, 0.15) is 6.61 Å². The first-order chi connectivity index (χ1) is 8.15. The highest BCUT2D eigenvalue weighted by Gasteiger charge is 2.04. The van der Waals surface area contributed by atoms with E-state index in [1.807, 2.05) is 12.1 Å². The molecular weight excluding hydrogens is 245 g/mol. The molecule has 0 aliphatic rings. The van der Waals surface area contributed by atoms with E-state index >= 15 is 0 Å². The first kappa shape index (κ1) is 11.6. The second-order valence-electron chi connectivity index (χ2n) is 3.30. The number of hydrogen-bond acceptors (Lipinski definition) is 4. The number of hydrogen-bond donors (Lipinski definition) is 1. The number of aromatic nitrogens is 2. The van der Waals surface area contributed by atoms with Crippen molar-refractivity contribution in [2.24, 2.45) is 0 Å². The number of ether oxygens (including phenoxy) is 1. The summed E-state index contributed by atoms with van der Waals surface area (Å²) >= 11 is 5.74. The zero-order valence-corrected chi connectivity index (χ0v) is 9.49. The van der Waals surface area contributed by atoms with E-state index in [1.54, 1.807) is 12.1 Å².